The molecule has 1 rings (SSSR count). The molecule has 0 saturated heterocycles. The number of aryl methyl sites for hydroxylation is 1. The lowest BCUT2D eigenvalue weighted by Gasteiger charge is -2.17. The van der Waals surface area contributed by atoms with Crippen LogP contribution in [0.15, 0.2) is 18.2 Å². The van der Waals surface area contributed by atoms with Gasteiger partial charge in [0.05, 0.1) is 0 Å². The van der Waals surface area contributed by atoms with Crippen molar-refractivity contribution in [3.8, 4) is 12.3 Å². The molecular formula is C13H17ClN2. The standard InChI is InChI=1S/C13H17ClN2/c1-3-4-7-16-13(9-15)11-6-5-10(2)12(14)8-11/h1,5-6,8,13,16H,4,7,9,15H2,2H3. The zero-order chi connectivity index (χ0) is 12.0. The molecule has 1 unspecified atom stereocenters. The highest BCUT2D eigenvalue weighted by atomic mass is 35.5. The van der Waals surface area contributed by atoms with Crippen molar-refractivity contribution in [3.63, 3.8) is 0 Å². The van der Waals surface area contributed by atoms with E-state index in [0.29, 0.717) is 13.0 Å². The lowest BCUT2D eigenvalue weighted by atomic mass is 10.1. The number of benzene rings is 1. The van der Waals surface area contributed by atoms with Gasteiger partial charge in [-0.2, -0.15) is 0 Å². The summed E-state index contributed by atoms with van der Waals surface area (Å²) in [7, 11) is 0. The van der Waals surface area contributed by atoms with Crippen molar-refractivity contribution >= 4 is 11.6 Å². The molecule has 1 aromatic rings. The van der Waals surface area contributed by atoms with Gasteiger partial charge in [-0.05, 0) is 24.1 Å². The smallest absolute Gasteiger partial charge is 0.0445 e. The highest BCUT2D eigenvalue weighted by Crippen LogP contribution is 2.20. The summed E-state index contributed by atoms with van der Waals surface area (Å²) in [6, 6.07) is 6.12. The first kappa shape index (κ1) is 13.1. The van der Waals surface area contributed by atoms with E-state index in [-0.39, 0.29) is 6.04 Å². The maximum absolute atomic E-state index is 6.08. The lowest BCUT2D eigenvalue weighted by molar-refractivity contribution is 0.550. The predicted octanol–water partition coefficient (Wildman–Crippen LogP) is 2.26. The third-order valence-corrected chi connectivity index (χ3v) is 2.90. The van der Waals surface area contributed by atoms with E-state index in [4.69, 9.17) is 23.8 Å². The third-order valence-electron chi connectivity index (χ3n) is 2.49. The van der Waals surface area contributed by atoms with E-state index in [2.05, 4.69) is 11.2 Å². The van der Waals surface area contributed by atoms with E-state index >= 15 is 0 Å². The summed E-state index contributed by atoms with van der Waals surface area (Å²) >= 11 is 6.08. The van der Waals surface area contributed by atoms with Crippen molar-refractivity contribution < 1.29 is 0 Å². The summed E-state index contributed by atoms with van der Waals surface area (Å²) in [5.74, 6) is 2.59. The fraction of sp³-hybridized carbons (Fsp3) is 0.385. The summed E-state index contributed by atoms with van der Waals surface area (Å²) in [6.45, 7) is 3.28. The molecule has 0 radical (unpaired) electrons. The Morgan fingerprint density at radius 2 is 2.31 bits per heavy atom. The monoisotopic (exact) mass is 236 g/mol. The average Bonchev–Trinajstić information content (AvgIpc) is 2.29. The molecule has 0 amide bonds. The Hall–Kier alpha value is -1.01. The molecule has 16 heavy (non-hydrogen) atoms. The molecule has 0 heterocycles. The molecule has 2 nitrogen and oxygen atoms in total. The maximum atomic E-state index is 6.08. The average molecular weight is 237 g/mol. The first-order valence-corrected chi connectivity index (χ1v) is 5.69. The van der Waals surface area contributed by atoms with E-state index in [1.807, 2.05) is 25.1 Å². The molecule has 3 N–H and O–H groups in total. The molecule has 86 valence electrons. The molecule has 0 saturated carbocycles. The van der Waals surface area contributed by atoms with Crippen LogP contribution in [-0.2, 0) is 0 Å². The van der Waals surface area contributed by atoms with Crippen molar-refractivity contribution in [2.45, 2.75) is 19.4 Å². The fourth-order valence-electron chi connectivity index (χ4n) is 1.48. The van der Waals surface area contributed by atoms with E-state index < -0.39 is 0 Å². The largest absolute Gasteiger partial charge is 0.329 e. The van der Waals surface area contributed by atoms with Crippen LogP contribution in [0.25, 0.3) is 0 Å². The van der Waals surface area contributed by atoms with Crippen molar-refractivity contribution in [3.05, 3.63) is 34.3 Å². The Bertz CT molecular complexity index is 382. The Balaban J connectivity index is 2.71. The maximum Gasteiger partial charge on any atom is 0.0445 e. The number of rotatable bonds is 5. The number of hydrogen-bond donors (Lipinski definition) is 2. The van der Waals surface area contributed by atoms with Crippen LogP contribution in [0, 0.1) is 19.3 Å². The minimum absolute atomic E-state index is 0.117. The summed E-state index contributed by atoms with van der Waals surface area (Å²) in [5.41, 5.74) is 7.90. The minimum Gasteiger partial charge on any atom is -0.329 e. The number of halogens is 1. The van der Waals surface area contributed by atoms with Crippen molar-refractivity contribution in [2.24, 2.45) is 5.73 Å². The van der Waals surface area contributed by atoms with Gasteiger partial charge in [-0.15, -0.1) is 12.3 Å². The third kappa shape index (κ3) is 3.53. The molecule has 0 aliphatic rings. The number of nitrogens with two attached hydrogens (primary N) is 1. The lowest BCUT2D eigenvalue weighted by Crippen LogP contribution is -2.28. The normalized spacial score (nSPS) is 12.1. The van der Waals surface area contributed by atoms with Crippen LogP contribution in [0.3, 0.4) is 0 Å². The molecule has 0 aromatic heterocycles. The summed E-state index contributed by atoms with van der Waals surface area (Å²) in [4.78, 5) is 0. The van der Waals surface area contributed by atoms with E-state index in [0.717, 1.165) is 22.7 Å². The van der Waals surface area contributed by atoms with Gasteiger partial charge < -0.3 is 11.1 Å². The quantitative estimate of drug-likeness (QED) is 0.608. The Morgan fingerprint density at radius 1 is 1.56 bits per heavy atom. The van der Waals surface area contributed by atoms with Crippen LogP contribution in [0.4, 0.5) is 0 Å². The SMILES string of the molecule is C#CCCNC(CN)c1ccc(C)c(Cl)c1. The molecule has 3 heteroatoms. The zero-order valence-electron chi connectivity index (χ0n) is 9.46. The van der Waals surface area contributed by atoms with Crippen LogP contribution in [0.5, 0.6) is 0 Å². The first-order valence-electron chi connectivity index (χ1n) is 5.32. The highest BCUT2D eigenvalue weighted by Gasteiger charge is 2.09. The number of hydrogen-bond acceptors (Lipinski definition) is 2. The summed E-state index contributed by atoms with van der Waals surface area (Å²) in [6.07, 6.45) is 5.90. The van der Waals surface area contributed by atoms with Gasteiger partial charge in [-0.3, -0.25) is 0 Å². The van der Waals surface area contributed by atoms with E-state index in [9.17, 15) is 0 Å². The van der Waals surface area contributed by atoms with Crippen molar-refractivity contribution in [2.75, 3.05) is 13.1 Å². The van der Waals surface area contributed by atoms with Gasteiger partial charge in [0.15, 0.2) is 0 Å². The molecular weight excluding hydrogens is 220 g/mol. The molecule has 0 aliphatic heterocycles. The summed E-state index contributed by atoms with van der Waals surface area (Å²) in [5, 5.41) is 4.08. The molecule has 0 spiro atoms. The van der Waals surface area contributed by atoms with Gasteiger partial charge in [0.25, 0.3) is 0 Å². The Labute approximate surface area is 102 Å². The zero-order valence-corrected chi connectivity index (χ0v) is 10.2. The topological polar surface area (TPSA) is 38.0 Å². The van der Waals surface area contributed by atoms with Crippen molar-refractivity contribution in [1.29, 1.82) is 0 Å². The Kier molecular flexibility index (Phi) is 5.34. The van der Waals surface area contributed by atoms with Crippen LogP contribution in [0.2, 0.25) is 5.02 Å². The highest BCUT2D eigenvalue weighted by molar-refractivity contribution is 6.31. The van der Waals surface area contributed by atoms with Gasteiger partial charge >= 0.3 is 0 Å². The minimum atomic E-state index is 0.117. The van der Waals surface area contributed by atoms with Crippen molar-refractivity contribution in [1.82, 2.24) is 5.32 Å². The van der Waals surface area contributed by atoms with Gasteiger partial charge in [-0.25, -0.2) is 0 Å². The van der Waals surface area contributed by atoms with Gasteiger partial charge in [0.1, 0.15) is 0 Å². The molecule has 1 aromatic carbocycles. The van der Waals surface area contributed by atoms with Gasteiger partial charge in [-0.1, -0.05) is 23.7 Å². The van der Waals surface area contributed by atoms with Gasteiger partial charge in [0.2, 0.25) is 0 Å². The van der Waals surface area contributed by atoms with Crippen LogP contribution in [-0.4, -0.2) is 13.1 Å². The second kappa shape index (κ2) is 6.55. The number of terminal acetylenes is 1. The van der Waals surface area contributed by atoms with Crippen LogP contribution in [0.1, 0.15) is 23.6 Å². The molecule has 0 fully saturated rings. The van der Waals surface area contributed by atoms with E-state index in [1.54, 1.807) is 0 Å². The number of nitrogens with one attached hydrogen (secondary N) is 1. The second-order valence-corrected chi connectivity index (χ2v) is 4.11. The van der Waals surface area contributed by atoms with Crippen LogP contribution < -0.4 is 11.1 Å². The summed E-state index contributed by atoms with van der Waals surface area (Å²) < 4.78 is 0. The fourth-order valence-corrected chi connectivity index (χ4v) is 1.67. The van der Waals surface area contributed by atoms with Crippen LogP contribution >= 0.6 is 11.6 Å². The second-order valence-electron chi connectivity index (χ2n) is 3.71. The molecule has 0 bridgehead atoms. The Morgan fingerprint density at radius 3 is 2.88 bits per heavy atom. The van der Waals surface area contributed by atoms with Gasteiger partial charge in [0, 0.05) is 30.6 Å². The predicted molar refractivity (Wildman–Crippen MR) is 69.4 cm³/mol. The first-order chi connectivity index (χ1) is 7.69. The molecule has 1 atom stereocenters. The van der Waals surface area contributed by atoms with E-state index in [1.165, 1.54) is 0 Å². The molecule has 0 aliphatic carbocycles.